The molecule has 5 rings (SSSR count). The zero-order valence-corrected chi connectivity index (χ0v) is 22.8. The number of carbonyl (C=O) groups is 1. The number of likely N-dealkylation sites (N-methyl/N-ethyl adjacent to an activating group) is 1. The minimum absolute atomic E-state index is 0.0384. The molecule has 2 atom stereocenters. The van der Waals surface area contributed by atoms with Crippen molar-refractivity contribution in [2.75, 3.05) is 32.0 Å². The van der Waals surface area contributed by atoms with Crippen LogP contribution < -0.4 is 5.32 Å². The quantitative estimate of drug-likeness (QED) is 0.302. The molecular formula is C27H31Cl2N7O. The first-order valence-electron chi connectivity index (χ1n) is 12.7. The fraction of sp³-hybridized carbons (Fsp3) is 0.407. The summed E-state index contributed by atoms with van der Waals surface area (Å²) in [5, 5.41) is 5.21. The lowest BCUT2D eigenvalue weighted by Gasteiger charge is -2.38. The third-order valence-electron chi connectivity index (χ3n) is 7.13. The number of aromatic nitrogens is 4. The molecule has 1 saturated heterocycles. The fourth-order valence-corrected chi connectivity index (χ4v) is 5.35. The predicted octanol–water partition coefficient (Wildman–Crippen LogP) is 5.93. The number of halogens is 2. The van der Waals surface area contributed by atoms with Crippen molar-refractivity contribution in [2.45, 2.75) is 45.2 Å². The van der Waals surface area contributed by atoms with Crippen LogP contribution in [0.3, 0.4) is 0 Å². The van der Waals surface area contributed by atoms with E-state index < -0.39 is 0 Å². The van der Waals surface area contributed by atoms with Crippen LogP contribution in [-0.4, -0.2) is 68.4 Å². The number of carbonyl (C=O) groups excluding carboxylic acids is 1. The minimum Gasteiger partial charge on any atom is -0.360 e. The zero-order valence-electron chi connectivity index (χ0n) is 21.3. The molecule has 1 fully saturated rings. The minimum atomic E-state index is -0.172. The molecule has 4 aromatic rings. The Labute approximate surface area is 226 Å². The van der Waals surface area contributed by atoms with Gasteiger partial charge in [-0.2, -0.15) is 0 Å². The molecule has 0 radical (unpaired) electrons. The molecule has 2 unspecified atom stereocenters. The van der Waals surface area contributed by atoms with Crippen molar-refractivity contribution in [3.8, 4) is 0 Å². The van der Waals surface area contributed by atoms with Crippen molar-refractivity contribution in [3.63, 3.8) is 0 Å². The number of anilines is 1. The molecule has 0 spiro atoms. The van der Waals surface area contributed by atoms with Gasteiger partial charge in [-0.25, -0.2) is 15.0 Å². The summed E-state index contributed by atoms with van der Waals surface area (Å²) in [6, 6.07) is 9.14. The van der Waals surface area contributed by atoms with Crippen LogP contribution in [-0.2, 0) is 0 Å². The van der Waals surface area contributed by atoms with E-state index in [1.807, 2.05) is 30.0 Å². The van der Waals surface area contributed by atoms with Crippen LogP contribution in [0.2, 0.25) is 10.0 Å². The first-order valence-corrected chi connectivity index (χ1v) is 13.4. The average Bonchev–Trinajstić information content (AvgIpc) is 3.32. The van der Waals surface area contributed by atoms with Gasteiger partial charge in [-0.15, -0.1) is 0 Å². The maximum atomic E-state index is 13.6. The Hall–Kier alpha value is -2.94. The highest BCUT2D eigenvalue weighted by molar-refractivity contribution is 6.35. The Bertz CT molecular complexity index is 1440. The Morgan fingerprint density at radius 3 is 2.86 bits per heavy atom. The van der Waals surface area contributed by atoms with Crippen LogP contribution in [0.25, 0.3) is 21.9 Å². The van der Waals surface area contributed by atoms with Gasteiger partial charge in [0.15, 0.2) is 0 Å². The molecule has 1 aliphatic heterocycles. The van der Waals surface area contributed by atoms with Gasteiger partial charge >= 0.3 is 0 Å². The zero-order chi connectivity index (χ0) is 26.1. The molecule has 2 aromatic carbocycles. The number of benzene rings is 2. The van der Waals surface area contributed by atoms with Crippen LogP contribution in [0.15, 0.2) is 36.7 Å². The van der Waals surface area contributed by atoms with Crippen LogP contribution in [0.5, 0.6) is 0 Å². The molecule has 8 nitrogen and oxygen atoms in total. The Balaban J connectivity index is 1.41. The largest absolute Gasteiger partial charge is 0.360 e. The second-order valence-corrected chi connectivity index (χ2v) is 10.6. The molecule has 37 heavy (non-hydrogen) atoms. The number of nitrogens with zero attached hydrogens (tertiary/aromatic N) is 5. The van der Waals surface area contributed by atoms with Crippen molar-refractivity contribution in [1.82, 2.24) is 29.7 Å². The van der Waals surface area contributed by atoms with Crippen LogP contribution in [0.1, 0.15) is 55.3 Å². The summed E-state index contributed by atoms with van der Waals surface area (Å²) in [6.07, 6.45) is 4.64. The van der Waals surface area contributed by atoms with E-state index in [-0.39, 0.29) is 18.0 Å². The first kappa shape index (κ1) is 25.7. The van der Waals surface area contributed by atoms with E-state index in [0.717, 1.165) is 61.1 Å². The molecule has 2 aromatic heterocycles. The molecular weight excluding hydrogens is 509 g/mol. The Kier molecular flexibility index (Phi) is 7.51. The number of likely N-dealkylation sites (tertiary alicyclic amines) is 1. The summed E-state index contributed by atoms with van der Waals surface area (Å²) in [7, 11) is 2.09. The summed E-state index contributed by atoms with van der Waals surface area (Å²) < 4.78 is 0. The lowest BCUT2D eigenvalue weighted by molar-refractivity contribution is 0.0565. The Morgan fingerprint density at radius 2 is 2.05 bits per heavy atom. The Morgan fingerprint density at radius 1 is 1.22 bits per heavy atom. The highest BCUT2D eigenvalue weighted by Gasteiger charge is 2.29. The van der Waals surface area contributed by atoms with Crippen molar-refractivity contribution in [3.05, 3.63) is 58.1 Å². The van der Waals surface area contributed by atoms with Gasteiger partial charge in [-0.1, -0.05) is 30.1 Å². The van der Waals surface area contributed by atoms with E-state index >= 15 is 0 Å². The molecule has 0 bridgehead atoms. The number of rotatable bonds is 7. The van der Waals surface area contributed by atoms with E-state index in [0.29, 0.717) is 26.9 Å². The van der Waals surface area contributed by atoms with Crippen molar-refractivity contribution < 1.29 is 4.79 Å². The normalized spacial score (nSPS) is 17.0. The number of imidazole rings is 1. The van der Waals surface area contributed by atoms with Gasteiger partial charge in [0, 0.05) is 29.5 Å². The molecule has 194 valence electrons. The number of hydrogen-bond acceptors (Lipinski definition) is 6. The van der Waals surface area contributed by atoms with Crippen LogP contribution in [0, 0.1) is 0 Å². The smallest absolute Gasteiger partial charge is 0.255 e. The van der Waals surface area contributed by atoms with Gasteiger partial charge in [-0.05, 0) is 70.1 Å². The molecule has 3 heterocycles. The van der Waals surface area contributed by atoms with Gasteiger partial charge in [0.1, 0.15) is 18.0 Å². The molecule has 1 amide bonds. The molecule has 1 aliphatic rings. The van der Waals surface area contributed by atoms with Gasteiger partial charge < -0.3 is 20.1 Å². The fourth-order valence-electron chi connectivity index (χ4n) is 4.94. The summed E-state index contributed by atoms with van der Waals surface area (Å²) in [5.74, 6) is 1.34. The lowest BCUT2D eigenvalue weighted by atomic mass is 9.99. The van der Waals surface area contributed by atoms with Gasteiger partial charge in [0.05, 0.1) is 33.2 Å². The monoisotopic (exact) mass is 539 g/mol. The second-order valence-electron chi connectivity index (χ2n) is 9.72. The number of nitrogens with one attached hydrogen (secondary N) is 2. The highest BCUT2D eigenvalue weighted by atomic mass is 35.5. The molecule has 2 N–H and O–H groups in total. The average molecular weight is 540 g/mol. The topological polar surface area (TPSA) is 90.0 Å². The summed E-state index contributed by atoms with van der Waals surface area (Å²) in [4.78, 5) is 34.8. The number of aromatic amines is 1. The van der Waals surface area contributed by atoms with E-state index in [9.17, 15) is 4.79 Å². The lowest BCUT2D eigenvalue weighted by Crippen LogP contribution is -2.48. The number of H-pyrrole nitrogens is 1. The van der Waals surface area contributed by atoms with Gasteiger partial charge in [0.25, 0.3) is 5.91 Å². The molecule has 10 heteroatoms. The van der Waals surface area contributed by atoms with Gasteiger partial charge in [0.2, 0.25) is 0 Å². The van der Waals surface area contributed by atoms with E-state index in [1.54, 1.807) is 12.1 Å². The third-order valence-corrected chi connectivity index (χ3v) is 7.68. The highest BCUT2D eigenvalue weighted by Crippen LogP contribution is 2.31. The second kappa shape index (κ2) is 10.8. The number of fused-ring (bicyclic) bond motifs is 2. The number of amides is 1. The van der Waals surface area contributed by atoms with E-state index in [1.165, 1.54) is 6.33 Å². The number of piperidine rings is 1. The van der Waals surface area contributed by atoms with Gasteiger partial charge in [-0.3, -0.25) is 4.79 Å². The first-order chi connectivity index (χ1) is 17.8. The third kappa shape index (κ3) is 5.37. The molecule has 0 aliphatic carbocycles. The summed E-state index contributed by atoms with van der Waals surface area (Å²) >= 11 is 12.8. The van der Waals surface area contributed by atoms with Crippen LogP contribution >= 0.6 is 23.2 Å². The van der Waals surface area contributed by atoms with E-state index in [4.69, 9.17) is 23.2 Å². The maximum absolute atomic E-state index is 13.6. The van der Waals surface area contributed by atoms with E-state index in [2.05, 4.69) is 44.1 Å². The van der Waals surface area contributed by atoms with Crippen LogP contribution in [0.4, 0.5) is 5.82 Å². The summed E-state index contributed by atoms with van der Waals surface area (Å²) in [6.45, 7) is 6.67. The predicted molar refractivity (Wildman–Crippen MR) is 150 cm³/mol. The SMILES string of the molecule is CCN(C)CC1CCCCN1C(=O)c1cc2ncnc(NC(C)c3nc4ccc(Cl)cc4[nH]3)c2cc1Cl. The van der Waals surface area contributed by atoms with Crippen molar-refractivity contribution >= 4 is 56.9 Å². The standard InChI is InChI=1S/C27H31Cl2N7O/c1-4-35(3)14-18-7-5-6-10-36(18)27(37)19-13-23-20(12-21(19)29)26(31-15-30-23)32-16(2)25-33-22-9-8-17(28)11-24(22)34-25/h8-9,11-13,15-16,18H,4-7,10,14H2,1-3H3,(H,33,34)(H,30,31,32). The number of hydrogen-bond donors (Lipinski definition) is 2. The molecule has 0 saturated carbocycles. The van der Waals surface area contributed by atoms with Crippen molar-refractivity contribution in [2.24, 2.45) is 0 Å². The summed E-state index contributed by atoms with van der Waals surface area (Å²) in [5.41, 5.74) is 2.85. The maximum Gasteiger partial charge on any atom is 0.255 e. The van der Waals surface area contributed by atoms with Crippen molar-refractivity contribution in [1.29, 1.82) is 0 Å².